The van der Waals surface area contributed by atoms with Gasteiger partial charge in [0.1, 0.15) is 6.07 Å². The molecule has 1 unspecified atom stereocenters. The van der Waals surface area contributed by atoms with E-state index in [4.69, 9.17) is 0 Å². The van der Waals surface area contributed by atoms with Gasteiger partial charge in [-0.05, 0) is 62.5 Å². The number of pyridine rings is 1. The standard InChI is InChI=1S/C21H27N5O/c1-2-9-24-14-19(27)26-21(15-7-11-23-12-8-15)18-6-5-16(13-22)20-17(18)4-3-10-25-20/h3-6,10,15,21,23-24H,2,7-9,11-12,14H2,1H3,(H,26,27). The molecule has 1 aliphatic heterocycles. The predicted octanol–water partition coefficient (Wildman–Crippen LogP) is 2.26. The van der Waals surface area contributed by atoms with Crippen molar-refractivity contribution in [2.75, 3.05) is 26.2 Å². The molecule has 2 heterocycles. The minimum absolute atomic E-state index is 0.00776. The average molecular weight is 365 g/mol. The van der Waals surface area contributed by atoms with Gasteiger partial charge in [-0.1, -0.05) is 19.1 Å². The van der Waals surface area contributed by atoms with E-state index in [2.05, 4.69) is 33.9 Å². The Balaban J connectivity index is 1.94. The zero-order chi connectivity index (χ0) is 19.1. The van der Waals surface area contributed by atoms with Crippen molar-refractivity contribution >= 4 is 16.8 Å². The van der Waals surface area contributed by atoms with Crippen LogP contribution in [0.2, 0.25) is 0 Å². The van der Waals surface area contributed by atoms with Crippen LogP contribution in [0.1, 0.15) is 43.4 Å². The van der Waals surface area contributed by atoms with E-state index in [0.717, 1.165) is 49.8 Å². The summed E-state index contributed by atoms with van der Waals surface area (Å²) in [6.45, 7) is 5.14. The van der Waals surface area contributed by atoms with Gasteiger partial charge in [-0.3, -0.25) is 9.78 Å². The Morgan fingerprint density at radius 2 is 2.19 bits per heavy atom. The summed E-state index contributed by atoms with van der Waals surface area (Å²) >= 11 is 0. The molecule has 6 heteroatoms. The van der Waals surface area contributed by atoms with Crippen LogP contribution in [-0.2, 0) is 4.79 Å². The number of hydrogen-bond acceptors (Lipinski definition) is 5. The molecule has 3 rings (SSSR count). The zero-order valence-electron chi connectivity index (χ0n) is 15.8. The van der Waals surface area contributed by atoms with Crippen LogP contribution in [0.15, 0.2) is 30.5 Å². The normalized spacial score (nSPS) is 16.0. The highest BCUT2D eigenvalue weighted by Crippen LogP contribution is 2.33. The van der Waals surface area contributed by atoms with Gasteiger partial charge in [0, 0.05) is 11.6 Å². The maximum atomic E-state index is 12.5. The molecule has 142 valence electrons. The quantitative estimate of drug-likeness (QED) is 0.655. The van der Waals surface area contributed by atoms with Gasteiger partial charge in [-0.25, -0.2) is 0 Å². The topological polar surface area (TPSA) is 89.8 Å². The number of fused-ring (bicyclic) bond motifs is 1. The first-order valence-electron chi connectivity index (χ1n) is 9.73. The maximum Gasteiger partial charge on any atom is 0.234 e. The molecule has 1 amide bonds. The lowest BCUT2D eigenvalue weighted by Gasteiger charge is -2.32. The highest BCUT2D eigenvalue weighted by Gasteiger charge is 2.28. The van der Waals surface area contributed by atoms with E-state index < -0.39 is 0 Å². The lowest BCUT2D eigenvalue weighted by Crippen LogP contribution is -2.42. The van der Waals surface area contributed by atoms with Gasteiger partial charge in [0.25, 0.3) is 0 Å². The van der Waals surface area contributed by atoms with Crippen molar-refractivity contribution in [3.8, 4) is 6.07 Å². The van der Waals surface area contributed by atoms with Gasteiger partial charge in [0.15, 0.2) is 0 Å². The molecule has 2 aromatic rings. The third-order valence-electron chi connectivity index (χ3n) is 5.14. The Morgan fingerprint density at radius 3 is 2.93 bits per heavy atom. The summed E-state index contributed by atoms with van der Waals surface area (Å²) < 4.78 is 0. The number of nitrogens with zero attached hydrogens (tertiary/aromatic N) is 2. The fourth-order valence-electron chi connectivity index (χ4n) is 3.79. The highest BCUT2D eigenvalue weighted by molar-refractivity contribution is 5.88. The summed E-state index contributed by atoms with van der Waals surface area (Å²) in [4.78, 5) is 17.0. The second kappa shape index (κ2) is 9.45. The van der Waals surface area contributed by atoms with Gasteiger partial charge in [-0.2, -0.15) is 5.26 Å². The largest absolute Gasteiger partial charge is 0.348 e. The van der Waals surface area contributed by atoms with Crippen molar-refractivity contribution in [2.45, 2.75) is 32.2 Å². The maximum absolute atomic E-state index is 12.5. The molecular weight excluding hydrogens is 338 g/mol. The molecular formula is C21H27N5O. The SMILES string of the molecule is CCCNCC(=O)NC(c1ccc(C#N)c2ncccc12)C1CCNCC1. The fraction of sp³-hybridized carbons (Fsp3) is 0.476. The predicted molar refractivity (Wildman–Crippen MR) is 106 cm³/mol. The second-order valence-electron chi connectivity index (χ2n) is 7.02. The number of nitrogens with one attached hydrogen (secondary N) is 3. The Kier molecular flexibility index (Phi) is 6.74. The number of carbonyl (C=O) groups excluding carboxylic acids is 1. The number of hydrogen-bond donors (Lipinski definition) is 3. The molecule has 0 aliphatic carbocycles. The Hall–Kier alpha value is -2.49. The fourth-order valence-corrected chi connectivity index (χ4v) is 3.79. The van der Waals surface area contributed by atoms with Crippen molar-refractivity contribution in [3.05, 3.63) is 41.6 Å². The number of benzene rings is 1. The van der Waals surface area contributed by atoms with E-state index in [9.17, 15) is 10.1 Å². The van der Waals surface area contributed by atoms with Gasteiger partial charge in [0.05, 0.1) is 23.7 Å². The summed E-state index contributed by atoms with van der Waals surface area (Å²) in [5, 5.41) is 20.2. The molecule has 1 fully saturated rings. The molecule has 1 aliphatic rings. The van der Waals surface area contributed by atoms with Crippen LogP contribution in [0.4, 0.5) is 0 Å². The van der Waals surface area contributed by atoms with Crippen LogP contribution in [-0.4, -0.2) is 37.1 Å². The first kappa shape index (κ1) is 19.3. The monoisotopic (exact) mass is 365 g/mol. The van der Waals surface area contributed by atoms with E-state index in [-0.39, 0.29) is 11.9 Å². The van der Waals surface area contributed by atoms with Gasteiger partial charge >= 0.3 is 0 Å². The van der Waals surface area contributed by atoms with Crippen LogP contribution in [0, 0.1) is 17.2 Å². The summed E-state index contributed by atoms with van der Waals surface area (Å²) in [6, 6.07) is 9.82. The Bertz CT molecular complexity index is 823. The molecule has 0 spiro atoms. The smallest absolute Gasteiger partial charge is 0.234 e. The Labute approximate surface area is 160 Å². The molecule has 1 saturated heterocycles. The summed E-state index contributed by atoms with van der Waals surface area (Å²) in [5.74, 6) is 0.367. The van der Waals surface area contributed by atoms with Gasteiger partial charge in [0.2, 0.25) is 5.91 Å². The molecule has 27 heavy (non-hydrogen) atoms. The lowest BCUT2D eigenvalue weighted by atomic mass is 9.84. The molecule has 1 aromatic carbocycles. The number of piperidine rings is 1. The first-order chi connectivity index (χ1) is 13.2. The van der Waals surface area contributed by atoms with Crippen molar-refractivity contribution in [2.24, 2.45) is 5.92 Å². The van der Waals surface area contributed by atoms with E-state index in [0.29, 0.717) is 23.5 Å². The van der Waals surface area contributed by atoms with Gasteiger partial charge in [-0.15, -0.1) is 0 Å². The molecule has 6 nitrogen and oxygen atoms in total. The minimum Gasteiger partial charge on any atom is -0.348 e. The molecule has 1 atom stereocenters. The minimum atomic E-state index is -0.0810. The molecule has 3 N–H and O–H groups in total. The van der Waals surface area contributed by atoms with E-state index >= 15 is 0 Å². The van der Waals surface area contributed by atoms with Crippen LogP contribution >= 0.6 is 0 Å². The van der Waals surface area contributed by atoms with Crippen LogP contribution in [0.25, 0.3) is 10.9 Å². The number of nitriles is 1. The van der Waals surface area contributed by atoms with Gasteiger partial charge < -0.3 is 16.0 Å². The molecule has 0 bridgehead atoms. The second-order valence-corrected chi connectivity index (χ2v) is 7.02. The molecule has 1 aromatic heterocycles. The number of aromatic nitrogens is 1. The van der Waals surface area contributed by atoms with Crippen LogP contribution in [0.3, 0.4) is 0 Å². The van der Waals surface area contributed by atoms with E-state index in [1.807, 2.05) is 24.3 Å². The number of amides is 1. The van der Waals surface area contributed by atoms with E-state index in [1.165, 1.54) is 0 Å². The van der Waals surface area contributed by atoms with Crippen molar-refractivity contribution in [1.29, 1.82) is 5.26 Å². The lowest BCUT2D eigenvalue weighted by molar-refractivity contribution is -0.121. The third-order valence-corrected chi connectivity index (χ3v) is 5.14. The number of carbonyl (C=O) groups is 1. The van der Waals surface area contributed by atoms with Crippen molar-refractivity contribution < 1.29 is 4.79 Å². The third kappa shape index (κ3) is 4.62. The first-order valence-corrected chi connectivity index (χ1v) is 9.73. The van der Waals surface area contributed by atoms with Crippen LogP contribution < -0.4 is 16.0 Å². The van der Waals surface area contributed by atoms with E-state index in [1.54, 1.807) is 6.20 Å². The zero-order valence-corrected chi connectivity index (χ0v) is 15.8. The average Bonchev–Trinajstić information content (AvgIpc) is 2.72. The summed E-state index contributed by atoms with van der Waals surface area (Å²) in [5.41, 5.74) is 2.32. The molecule has 0 radical (unpaired) electrons. The van der Waals surface area contributed by atoms with Crippen molar-refractivity contribution in [1.82, 2.24) is 20.9 Å². The Morgan fingerprint density at radius 1 is 1.37 bits per heavy atom. The summed E-state index contributed by atoms with van der Waals surface area (Å²) in [7, 11) is 0. The van der Waals surface area contributed by atoms with Crippen LogP contribution in [0.5, 0.6) is 0 Å². The highest BCUT2D eigenvalue weighted by atomic mass is 16.2. The van der Waals surface area contributed by atoms with Crippen molar-refractivity contribution in [3.63, 3.8) is 0 Å². The number of rotatable bonds is 7. The summed E-state index contributed by atoms with van der Waals surface area (Å²) in [6.07, 6.45) is 4.72. The molecule has 0 saturated carbocycles.